The van der Waals surface area contributed by atoms with Crippen molar-refractivity contribution in [3.63, 3.8) is 0 Å². The number of rotatable bonds is 1. The standard InChI is InChI=1S/C11H15BrO2/c12-11-4-6-1-7(5-11)3-8(2-6)9(11)10(13)14/h6-9H,1-5H2,(H,13,14). The van der Waals surface area contributed by atoms with Crippen LogP contribution in [0, 0.1) is 23.7 Å². The summed E-state index contributed by atoms with van der Waals surface area (Å²) in [5, 5.41) is 9.28. The molecule has 78 valence electrons. The zero-order chi connectivity index (χ0) is 9.92. The third-order valence-electron chi connectivity index (χ3n) is 4.49. The van der Waals surface area contributed by atoms with Gasteiger partial charge in [0.2, 0.25) is 0 Å². The number of carboxylic acid groups (broad SMARTS) is 1. The van der Waals surface area contributed by atoms with Crippen molar-refractivity contribution in [2.24, 2.45) is 23.7 Å². The first-order chi connectivity index (χ1) is 6.58. The van der Waals surface area contributed by atoms with Gasteiger partial charge in [0, 0.05) is 4.32 Å². The molecule has 0 aromatic heterocycles. The maximum atomic E-state index is 11.3. The summed E-state index contributed by atoms with van der Waals surface area (Å²) < 4.78 is -0.0480. The first-order valence-electron chi connectivity index (χ1n) is 5.50. The van der Waals surface area contributed by atoms with Crippen LogP contribution in [0.25, 0.3) is 0 Å². The number of aliphatic carboxylic acids is 1. The van der Waals surface area contributed by atoms with Crippen LogP contribution in [-0.4, -0.2) is 15.4 Å². The van der Waals surface area contributed by atoms with E-state index in [9.17, 15) is 9.90 Å². The lowest BCUT2D eigenvalue weighted by atomic mass is 9.52. The molecule has 1 N–H and O–H groups in total. The van der Waals surface area contributed by atoms with Crippen LogP contribution in [0.15, 0.2) is 0 Å². The minimum absolute atomic E-state index is 0.0480. The van der Waals surface area contributed by atoms with Crippen LogP contribution in [-0.2, 0) is 4.79 Å². The normalized spacial score (nSPS) is 54.9. The Morgan fingerprint density at radius 3 is 2.21 bits per heavy atom. The van der Waals surface area contributed by atoms with Crippen LogP contribution < -0.4 is 0 Å². The molecule has 0 amide bonds. The predicted octanol–water partition coefficient (Wildman–Crippen LogP) is 2.66. The van der Waals surface area contributed by atoms with Gasteiger partial charge in [-0.05, 0) is 49.9 Å². The third-order valence-corrected chi connectivity index (χ3v) is 5.63. The molecule has 0 spiro atoms. The van der Waals surface area contributed by atoms with Gasteiger partial charge >= 0.3 is 5.97 Å². The molecule has 0 heterocycles. The van der Waals surface area contributed by atoms with Crippen LogP contribution in [0.4, 0.5) is 0 Å². The minimum Gasteiger partial charge on any atom is -0.481 e. The summed E-state index contributed by atoms with van der Waals surface area (Å²) in [6, 6.07) is 0. The van der Waals surface area contributed by atoms with Gasteiger partial charge in [0.15, 0.2) is 0 Å². The Morgan fingerprint density at radius 2 is 1.79 bits per heavy atom. The van der Waals surface area contributed by atoms with E-state index in [2.05, 4.69) is 15.9 Å². The molecule has 3 atom stereocenters. The highest BCUT2D eigenvalue weighted by Crippen LogP contribution is 2.61. The molecule has 4 aliphatic rings. The fourth-order valence-electron chi connectivity index (χ4n) is 4.36. The van der Waals surface area contributed by atoms with Crippen molar-refractivity contribution in [2.75, 3.05) is 0 Å². The second-order valence-corrected chi connectivity index (χ2v) is 7.04. The van der Waals surface area contributed by atoms with Crippen molar-refractivity contribution in [1.82, 2.24) is 0 Å². The average Bonchev–Trinajstić information content (AvgIpc) is 1.97. The maximum Gasteiger partial charge on any atom is 0.308 e. The highest BCUT2D eigenvalue weighted by Gasteiger charge is 2.58. The van der Waals surface area contributed by atoms with E-state index in [1.807, 2.05) is 0 Å². The summed E-state index contributed by atoms with van der Waals surface area (Å²) in [5.74, 6) is 1.38. The van der Waals surface area contributed by atoms with Crippen molar-refractivity contribution >= 4 is 21.9 Å². The second kappa shape index (κ2) is 2.75. The highest BCUT2D eigenvalue weighted by molar-refractivity contribution is 9.10. The topological polar surface area (TPSA) is 37.3 Å². The van der Waals surface area contributed by atoms with Crippen molar-refractivity contribution < 1.29 is 9.90 Å². The van der Waals surface area contributed by atoms with Crippen molar-refractivity contribution in [1.29, 1.82) is 0 Å². The second-order valence-electron chi connectivity index (χ2n) is 5.46. The Hall–Kier alpha value is -0.0500. The molecule has 0 aromatic rings. The van der Waals surface area contributed by atoms with E-state index in [0.29, 0.717) is 5.92 Å². The summed E-state index contributed by atoms with van der Waals surface area (Å²) in [4.78, 5) is 11.3. The molecule has 2 nitrogen and oxygen atoms in total. The minimum atomic E-state index is -0.578. The van der Waals surface area contributed by atoms with Crippen LogP contribution >= 0.6 is 15.9 Å². The largest absolute Gasteiger partial charge is 0.481 e. The van der Waals surface area contributed by atoms with E-state index < -0.39 is 5.97 Å². The molecule has 0 radical (unpaired) electrons. The average molecular weight is 259 g/mol. The monoisotopic (exact) mass is 258 g/mol. The van der Waals surface area contributed by atoms with Crippen LogP contribution in [0.3, 0.4) is 0 Å². The zero-order valence-electron chi connectivity index (χ0n) is 8.08. The van der Waals surface area contributed by atoms with Gasteiger partial charge in [0.1, 0.15) is 0 Å². The Morgan fingerprint density at radius 1 is 1.21 bits per heavy atom. The quantitative estimate of drug-likeness (QED) is 0.735. The van der Waals surface area contributed by atoms with E-state index in [-0.39, 0.29) is 10.2 Å². The molecular formula is C11H15BrO2. The molecule has 14 heavy (non-hydrogen) atoms. The zero-order valence-corrected chi connectivity index (χ0v) is 9.66. The van der Waals surface area contributed by atoms with E-state index in [1.54, 1.807) is 0 Å². The lowest BCUT2D eigenvalue weighted by Crippen LogP contribution is -2.56. The van der Waals surface area contributed by atoms with Gasteiger partial charge in [0.05, 0.1) is 5.92 Å². The molecule has 4 rings (SSSR count). The van der Waals surface area contributed by atoms with Gasteiger partial charge in [-0.15, -0.1) is 0 Å². The molecule has 0 saturated heterocycles. The summed E-state index contributed by atoms with van der Waals surface area (Å²) in [5.41, 5.74) is 0. The van der Waals surface area contributed by atoms with Gasteiger partial charge < -0.3 is 5.11 Å². The summed E-state index contributed by atoms with van der Waals surface area (Å²) in [7, 11) is 0. The SMILES string of the molecule is O=C(O)C1C2CC3CC(C2)CC1(Br)C3. The predicted molar refractivity (Wildman–Crippen MR) is 56.3 cm³/mol. The number of halogens is 1. The number of carboxylic acids is 1. The highest BCUT2D eigenvalue weighted by atomic mass is 79.9. The number of carbonyl (C=O) groups is 1. The maximum absolute atomic E-state index is 11.3. The summed E-state index contributed by atoms with van der Waals surface area (Å²) >= 11 is 3.74. The van der Waals surface area contributed by atoms with Crippen LogP contribution in [0.2, 0.25) is 0 Å². The molecule has 4 bridgehead atoms. The van der Waals surface area contributed by atoms with E-state index >= 15 is 0 Å². The fourth-order valence-corrected chi connectivity index (χ4v) is 5.85. The van der Waals surface area contributed by atoms with Crippen molar-refractivity contribution in [3.05, 3.63) is 0 Å². The van der Waals surface area contributed by atoms with Crippen molar-refractivity contribution in [3.8, 4) is 0 Å². The summed E-state index contributed by atoms with van der Waals surface area (Å²) in [6.45, 7) is 0. The number of alkyl halides is 1. The molecule has 3 unspecified atom stereocenters. The van der Waals surface area contributed by atoms with Crippen LogP contribution in [0.1, 0.15) is 32.1 Å². The Kier molecular flexibility index (Phi) is 1.80. The van der Waals surface area contributed by atoms with Gasteiger partial charge in [-0.1, -0.05) is 15.9 Å². The molecule has 3 heteroatoms. The van der Waals surface area contributed by atoms with Gasteiger partial charge in [-0.3, -0.25) is 4.79 Å². The van der Waals surface area contributed by atoms with E-state index in [4.69, 9.17) is 0 Å². The Bertz CT molecular complexity index is 275. The van der Waals surface area contributed by atoms with Crippen LogP contribution in [0.5, 0.6) is 0 Å². The third kappa shape index (κ3) is 1.11. The van der Waals surface area contributed by atoms with E-state index in [0.717, 1.165) is 24.7 Å². The first-order valence-corrected chi connectivity index (χ1v) is 6.29. The van der Waals surface area contributed by atoms with Crippen molar-refractivity contribution in [2.45, 2.75) is 36.4 Å². The molecule has 0 aliphatic heterocycles. The number of hydrogen-bond donors (Lipinski definition) is 1. The lowest BCUT2D eigenvalue weighted by Gasteiger charge is -2.57. The van der Waals surface area contributed by atoms with Gasteiger partial charge in [0.25, 0.3) is 0 Å². The number of hydrogen-bond acceptors (Lipinski definition) is 1. The molecule has 4 saturated carbocycles. The Balaban J connectivity index is 1.97. The molecular weight excluding hydrogens is 244 g/mol. The van der Waals surface area contributed by atoms with Gasteiger partial charge in [-0.25, -0.2) is 0 Å². The molecule has 4 fully saturated rings. The smallest absolute Gasteiger partial charge is 0.308 e. The molecule has 0 aromatic carbocycles. The Labute approximate surface area is 92.2 Å². The van der Waals surface area contributed by atoms with E-state index in [1.165, 1.54) is 19.3 Å². The molecule has 4 aliphatic carbocycles. The first kappa shape index (κ1) is 9.20. The fraction of sp³-hybridized carbons (Fsp3) is 0.909. The van der Waals surface area contributed by atoms with Gasteiger partial charge in [-0.2, -0.15) is 0 Å². The lowest BCUT2D eigenvalue weighted by molar-refractivity contribution is -0.152. The summed E-state index contributed by atoms with van der Waals surface area (Å²) in [6.07, 6.45) is 5.88.